The topological polar surface area (TPSA) is 335 Å². The molecule has 0 aliphatic carbocycles. The molecule has 0 aliphatic rings. The van der Waals surface area contributed by atoms with E-state index in [1.54, 1.807) is 104 Å². The lowest BCUT2D eigenvalue weighted by Gasteiger charge is -2.10. The fourth-order valence-corrected chi connectivity index (χ4v) is 9.77. The number of anilines is 3. The predicted octanol–water partition coefficient (Wildman–Crippen LogP) is 7.13. The summed E-state index contributed by atoms with van der Waals surface area (Å²) < 4.78 is 75.4. The van der Waals surface area contributed by atoms with E-state index in [1.165, 1.54) is 43.3 Å². The van der Waals surface area contributed by atoms with E-state index in [1.807, 2.05) is 52.4 Å². The monoisotopic (exact) mass is 1180 g/mol. The van der Waals surface area contributed by atoms with Crippen LogP contribution in [0.2, 0.25) is 0 Å². The van der Waals surface area contributed by atoms with Crippen LogP contribution in [-0.4, -0.2) is 103 Å². The van der Waals surface area contributed by atoms with Gasteiger partial charge >= 0.3 is 0 Å². The molecule has 84 heavy (non-hydrogen) atoms. The number of hydrogen-bond donors (Lipinski definition) is 8. The first-order valence-corrected chi connectivity index (χ1v) is 28.6. The number of fused-ring (bicyclic) bond motifs is 3. The quantitative estimate of drug-likeness (QED) is 0.0420. The van der Waals surface area contributed by atoms with Gasteiger partial charge in [-0.15, -0.1) is 0 Å². The van der Waals surface area contributed by atoms with Crippen LogP contribution in [0, 0.1) is 12.7 Å². The standard InChI is InChI=1S/C20H19N5O3S.C19H16FN5O3S.C18H21N5O3/c1-13-10-15(26)4-7-17(13)18-12-24-20-19(22-8-9-25(18)20)23-11-14-2-5-16(6-3-14)29(21,27)28;20-15-9-13(3-6-17(15)26)16-11-24-19-18(22-7-8-25(16)19)23-10-12-1-4-14(5-2-12)29(21,27)28;1-12(24)19-6-7-20-17-18-22-11-14(23(18)9-8-21-17)13-4-5-15(25-2)16(10-13)26-3/h2-10,12,26H,11H2,1H3,(H,22,23)(H2,21,27,28);1-9,11,26H,10H2,(H,22,23)(H2,21,27,28);4-5,8-11H,6-7H2,1-3H3,(H,19,24)(H,20,21). The molecule has 10 N–H and O–H groups in total. The highest BCUT2D eigenvalue weighted by Crippen LogP contribution is 2.34. The maximum atomic E-state index is 13.7. The van der Waals surface area contributed by atoms with Crippen molar-refractivity contribution in [1.82, 2.24) is 48.4 Å². The molecule has 0 atom stereocenters. The number of phenols is 2. The van der Waals surface area contributed by atoms with Gasteiger partial charge in [0.25, 0.3) is 0 Å². The number of sulfonamides is 2. The van der Waals surface area contributed by atoms with Gasteiger partial charge < -0.3 is 41.0 Å². The molecule has 24 nitrogen and oxygen atoms in total. The van der Waals surface area contributed by atoms with Crippen molar-refractivity contribution in [2.24, 2.45) is 10.3 Å². The number of primary sulfonamides is 2. The number of imidazole rings is 3. The van der Waals surface area contributed by atoms with Crippen LogP contribution in [0.15, 0.2) is 169 Å². The molecule has 0 saturated carbocycles. The van der Waals surface area contributed by atoms with Crippen molar-refractivity contribution in [1.29, 1.82) is 0 Å². The third-order valence-electron chi connectivity index (χ3n) is 12.9. The van der Waals surface area contributed by atoms with Gasteiger partial charge in [-0.2, -0.15) is 0 Å². The minimum atomic E-state index is -3.73. The number of ether oxygens (including phenoxy) is 2. The molecule has 11 rings (SSSR count). The molecular formula is C57H56FN15O9S2. The number of aromatic nitrogens is 9. The summed E-state index contributed by atoms with van der Waals surface area (Å²) in [4.78, 5) is 37.4. The number of aryl methyl sites for hydroxylation is 1. The maximum absolute atomic E-state index is 13.7. The Kier molecular flexibility index (Phi) is 17.6. The van der Waals surface area contributed by atoms with Crippen molar-refractivity contribution in [2.75, 3.05) is 43.3 Å². The molecule has 0 bridgehead atoms. The Balaban J connectivity index is 0.000000151. The Morgan fingerprint density at radius 2 is 1.04 bits per heavy atom. The van der Waals surface area contributed by atoms with Gasteiger partial charge in [0.2, 0.25) is 26.0 Å². The molecule has 5 aromatic carbocycles. The van der Waals surface area contributed by atoms with Crippen LogP contribution in [0.25, 0.3) is 50.7 Å². The Bertz CT molecular complexity index is 4410. The fourth-order valence-electron chi connectivity index (χ4n) is 8.74. The van der Waals surface area contributed by atoms with Crippen LogP contribution in [0.5, 0.6) is 23.0 Å². The zero-order valence-corrected chi connectivity index (χ0v) is 47.1. The number of benzene rings is 5. The highest BCUT2D eigenvalue weighted by molar-refractivity contribution is 7.89. The number of nitrogens with zero attached hydrogens (tertiary/aromatic N) is 9. The minimum Gasteiger partial charge on any atom is -0.508 e. The summed E-state index contributed by atoms with van der Waals surface area (Å²) in [6, 6.07) is 27.6. The number of halogens is 1. The molecule has 1 amide bonds. The zero-order valence-electron chi connectivity index (χ0n) is 45.5. The lowest BCUT2D eigenvalue weighted by atomic mass is 10.1. The van der Waals surface area contributed by atoms with Gasteiger partial charge in [-0.25, -0.2) is 61.4 Å². The summed E-state index contributed by atoms with van der Waals surface area (Å²) in [5.74, 6) is 2.12. The van der Waals surface area contributed by atoms with E-state index in [4.69, 9.17) is 19.8 Å². The van der Waals surface area contributed by atoms with E-state index in [2.05, 4.69) is 51.2 Å². The van der Waals surface area contributed by atoms with Gasteiger partial charge in [0.1, 0.15) is 5.75 Å². The minimum absolute atomic E-state index is 0.0421. The van der Waals surface area contributed by atoms with Crippen molar-refractivity contribution in [3.05, 3.63) is 181 Å². The van der Waals surface area contributed by atoms with Crippen LogP contribution in [0.3, 0.4) is 0 Å². The SMILES string of the molecule is COc1ccc(-c2cnc3c(NCCNC(C)=O)nccn23)cc1OC.Cc1cc(O)ccc1-c1cnc2c(NCc3ccc(S(N)(=O)=O)cc3)nccn12.NS(=O)(=O)c1ccc(CNc2nccn3c(-c4ccc(O)c(F)c4)cnc23)cc1. The van der Waals surface area contributed by atoms with Crippen LogP contribution in [0.1, 0.15) is 23.6 Å². The molecule has 0 saturated heterocycles. The maximum Gasteiger partial charge on any atom is 0.238 e. The van der Waals surface area contributed by atoms with E-state index in [-0.39, 0.29) is 21.4 Å². The van der Waals surface area contributed by atoms with Crippen molar-refractivity contribution >= 4 is 60.3 Å². The summed E-state index contributed by atoms with van der Waals surface area (Å²) in [6.45, 7) is 5.32. The summed E-state index contributed by atoms with van der Waals surface area (Å²) in [5, 5.41) is 41.6. The molecule has 6 heterocycles. The number of aromatic hydroxyl groups is 2. The summed E-state index contributed by atoms with van der Waals surface area (Å²) >= 11 is 0. The van der Waals surface area contributed by atoms with E-state index < -0.39 is 31.6 Å². The van der Waals surface area contributed by atoms with Gasteiger partial charge in [-0.3, -0.25) is 18.0 Å². The highest BCUT2D eigenvalue weighted by atomic mass is 32.2. The number of phenolic OH excluding ortho intramolecular Hbond substituents is 2. The lowest BCUT2D eigenvalue weighted by Crippen LogP contribution is -2.26. The average Bonchev–Trinajstić information content (AvgIpc) is 4.44. The Morgan fingerprint density at radius 1 is 0.571 bits per heavy atom. The number of hydrogen-bond acceptors (Lipinski definition) is 18. The molecule has 0 spiro atoms. The van der Waals surface area contributed by atoms with E-state index in [9.17, 15) is 36.2 Å². The van der Waals surface area contributed by atoms with Gasteiger partial charge in [0.15, 0.2) is 57.5 Å². The van der Waals surface area contributed by atoms with Crippen LogP contribution in [-0.2, 0) is 37.9 Å². The number of carbonyl (C=O) groups is 1. The van der Waals surface area contributed by atoms with Crippen molar-refractivity contribution in [3.63, 3.8) is 0 Å². The van der Waals surface area contributed by atoms with Gasteiger partial charge in [-0.1, -0.05) is 24.3 Å². The second kappa shape index (κ2) is 25.3. The predicted molar refractivity (Wildman–Crippen MR) is 314 cm³/mol. The number of nitrogens with two attached hydrogens (primary N) is 2. The average molecular weight is 1180 g/mol. The Labute approximate surface area is 480 Å². The first-order valence-electron chi connectivity index (χ1n) is 25.5. The fraction of sp³-hybridized carbons (Fsp3) is 0.140. The molecule has 432 valence electrons. The molecule has 0 fully saturated rings. The molecular weight excluding hydrogens is 1120 g/mol. The second-order valence-corrected chi connectivity index (χ2v) is 21.7. The van der Waals surface area contributed by atoms with E-state index in [0.717, 1.165) is 39.2 Å². The largest absolute Gasteiger partial charge is 0.508 e. The number of amides is 1. The van der Waals surface area contributed by atoms with Gasteiger partial charge in [-0.05, 0) is 102 Å². The summed E-state index contributed by atoms with van der Waals surface area (Å²) in [7, 11) is -4.22. The van der Waals surface area contributed by atoms with E-state index in [0.29, 0.717) is 83.3 Å². The molecule has 27 heteroatoms. The highest BCUT2D eigenvalue weighted by Gasteiger charge is 2.17. The number of carbonyl (C=O) groups excluding carboxylic acids is 1. The third-order valence-corrected chi connectivity index (χ3v) is 14.8. The van der Waals surface area contributed by atoms with Gasteiger partial charge in [0.05, 0.1) is 59.7 Å². The van der Waals surface area contributed by atoms with Gasteiger partial charge in [0, 0.05) is 87.0 Å². The normalized spacial score (nSPS) is 11.3. The Hall–Kier alpha value is -10.2. The van der Waals surface area contributed by atoms with E-state index >= 15 is 0 Å². The molecule has 11 aromatic rings. The lowest BCUT2D eigenvalue weighted by molar-refractivity contribution is -0.118. The first-order chi connectivity index (χ1) is 40.3. The molecule has 6 aromatic heterocycles. The molecule has 0 radical (unpaired) electrons. The Morgan fingerprint density at radius 3 is 1.50 bits per heavy atom. The van der Waals surface area contributed by atoms with Crippen LogP contribution in [0.4, 0.5) is 21.8 Å². The number of rotatable bonds is 17. The molecule has 0 aliphatic heterocycles. The smallest absolute Gasteiger partial charge is 0.238 e. The summed E-state index contributed by atoms with van der Waals surface area (Å²) in [6.07, 6.45) is 15.5. The van der Waals surface area contributed by atoms with Crippen molar-refractivity contribution in [3.8, 4) is 56.8 Å². The van der Waals surface area contributed by atoms with Crippen molar-refractivity contribution < 1.29 is 45.7 Å². The zero-order chi connectivity index (χ0) is 59.7. The van der Waals surface area contributed by atoms with Crippen LogP contribution < -0.4 is 41.0 Å². The second-order valence-electron chi connectivity index (χ2n) is 18.6. The van der Waals surface area contributed by atoms with Crippen LogP contribution >= 0.6 is 0 Å². The number of nitrogens with one attached hydrogen (secondary N) is 4. The molecule has 0 unspecified atom stereocenters. The third kappa shape index (κ3) is 13.6. The summed E-state index contributed by atoms with van der Waals surface area (Å²) in [5.41, 5.74) is 9.47. The van der Waals surface area contributed by atoms with Crippen molar-refractivity contribution in [2.45, 2.75) is 36.7 Å². The first kappa shape index (κ1) is 58.4. The number of methoxy groups -OCH3 is 2.